The molecule has 0 spiro atoms. The molecule has 5 heterocycles. The van der Waals surface area contributed by atoms with E-state index in [0.717, 1.165) is 83.1 Å². The highest BCUT2D eigenvalue weighted by molar-refractivity contribution is 7.18. The normalized spacial score (nSPS) is 15.5. The number of hydrogen-bond acceptors (Lipinski definition) is 9. The van der Waals surface area contributed by atoms with Crippen LogP contribution in [0.3, 0.4) is 0 Å². The fraction of sp³-hybridized carbons (Fsp3) is 0.286. The van der Waals surface area contributed by atoms with E-state index in [1.165, 1.54) is 23.4 Å². The number of likely N-dealkylation sites (N-methyl/N-ethyl adjacent to an activating group) is 1. The number of rotatable bonds is 8. The molecule has 0 unspecified atom stereocenters. The third kappa shape index (κ3) is 5.56. The lowest BCUT2D eigenvalue weighted by molar-refractivity contribution is 0.102. The van der Waals surface area contributed by atoms with Crippen molar-refractivity contribution in [1.82, 2.24) is 29.6 Å². The van der Waals surface area contributed by atoms with Crippen LogP contribution in [-0.2, 0) is 6.54 Å². The zero-order valence-electron chi connectivity index (χ0n) is 25.9. The Kier molecular flexibility index (Phi) is 7.34. The van der Waals surface area contributed by atoms with Gasteiger partial charge in [0.2, 0.25) is 0 Å². The molecule has 0 radical (unpaired) electrons. The summed E-state index contributed by atoms with van der Waals surface area (Å²) in [6, 6.07) is 20.5. The first-order valence-electron chi connectivity index (χ1n) is 15.8. The van der Waals surface area contributed by atoms with Gasteiger partial charge in [-0.05, 0) is 75.3 Å². The van der Waals surface area contributed by atoms with Crippen molar-refractivity contribution in [3.63, 3.8) is 0 Å². The number of pyridine rings is 1. The average Bonchev–Trinajstić information content (AvgIpc) is 3.71. The molecule has 1 amide bonds. The lowest BCUT2D eigenvalue weighted by Crippen LogP contribution is -2.44. The summed E-state index contributed by atoms with van der Waals surface area (Å²) in [6.45, 7) is 6.76. The van der Waals surface area contributed by atoms with Gasteiger partial charge in [0.25, 0.3) is 5.91 Å². The lowest BCUT2D eigenvalue weighted by Gasteiger charge is -2.34. The molecule has 10 nitrogen and oxygen atoms in total. The molecule has 2 N–H and O–H groups in total. The predicted molar refractivity (Wildman–Crippen MR) is 185 cm³/mol. The number of thiophene rings is 1. The van der Waals surface area contributed by atoms with Gasteiger partial charge < -0.3 is 20.4 Å². The lowest BCUT2D eigenvalue weighted by atomic mass is 10.1. The van der Waals surface area contributed by atoms with E-state index in [9.17, 15) is 4.79 Å². The summed E-state index contributed by atoms with van der Waals surface area (Å²) >= 11 is 1.47. The summed E-state index contributed by atoms with van der Waals surface area (Å²) in [6.07, 6.45) is 3.73. The van der Waals surface area contributed by atoms with E-state index >= 15 is 0 Å². The first-order valence-corrected chi connectivity index (χ1v) is 16.6. The largest absolute Gasteiger partial charge is 0.369 e. The second-order valence-electron chi connectivity index (χ2n) is 12.3. The molecule has 2 aromatic carbocycles. The minimum Gasteiger partial charge on any atom is -0.369 e. The summed E-state index contributed by atoms with van der Waals surface area (Å²) in [7, 11) is 2.17. The number of benzene rings is 2. The number of nitrogens with one attached hydrogen (secondary N) is 2. The minimum atomic E-state index is -0.199. The van der Waals surface area contributed by atoms with Crippen LogP contribution in [-0.4, -0.2) is 68.8 Å². The Morgan fingerprint density at radius 3 is 2.57 bits per heavy atom. The van der Waals surface area contributed by atoms with E-state index in [1.54, 1.807) is 0 Å². The van der Waals surface area contributed by atoms with Gasteiger partial charge in [-0.2, -0.15) is 5.10 Å². The number of aryl methyl sites for hydroxylation is 1. The van der Waals surface area contributed by atoms with Crippen molar-refractivity contribution >= 4 is 61.2 Å². The molecule has 1 aliphatic carbocycles. The number of fused-ring (bicyclic) bond motifs is 2. The molecule has 2 fully saturated rings. The Morgan fingerprint density at radius 1 is 0.978 bits per heavy atom. The summed E-state index contributed by atoms with van der Waals surface area (Å²) < 4.78 is 2.86. The zero-order valence-corrected chi connectivity index (χ0v) is 26.7. The predicted octanol–water partition coefficient (Wildman–Crippen LogP) is 6.42. The maximum atomic E-state index is 13.8. The molecule has 11 heteroatoms. The molecule has 8 rings (SSSR count). The van der Waals surface area contributed by atoms with Crippen molar-refractivity contribution in [3.05, 3.63) is 95.0 Å². The van der Waals surface area contributed by atoms with E-state index in [4.69, 9.17) is 5.10 Å². The van der Waals surface area contributed by atoms with E-state index in [2.05, 4.69) is 72.8 Å². The van der Waals surface area contributed by atoms with Crippen LogP contribution in [0.25, 0.3) is 21.1 Å². The fourth-order valence-electron chi connectivity index (χ4n) is 6.21. The van der Waals surface area contributed by atoms with Crippen LogP contribution >= 0.6 is 11.3 Å². The van der Waals surface area contributed by atoms with Crippen molar-refractivity contribution in [2.75, 3.05) is 48.8 Å². The molecule has 0 bridgehead atoms. The molecule has 2 aliphatic rings. The Labute approximate surface area is 271 Å². The Balaban J connectivity index is 1.05. The number of nitrogens with zero attached hydrogens (tertiary/aromatic N) is 7. The molecule has 1 aliphatic heterocycles. The van der Waals surface area contributed by atoms with Crippen LogP contribution in [0.5, 0.6) is 0 Å². The molecule has 46 heavy (non-hydrogen) atoms. The quantitative estimate of drug-likeness (QED) is 0.199. The third-order valence-corrected chi connectivity index (χ3v) is 9.85. The van der Waals surface area contributed by atoms with Crippen LogP contribution in [0.1, 0.15) is 46.2 Å². The first-order chi connectivity index (χ1) is 22.5. The van der Waals surface area contributed by atoms with Gasteiger partial charge in [-0.1, -0.05) is 12.1 Å². The van der Waals surface area contributed by atoms with Gasteiger partial charge in [-0.15, -0.1) is 11.3 Å². The van der Waals surface area contributed by atoms with Crippen molar-refractivity contribution in [1.29, 1.82) is 0 Å². The van der Waals surface area contributed by atoms with Gasteiger partial charge in [0, 0.05) is 59.9 Å². The molecule has 1 saturated carbocycles. The fourth-order valence-corrected chi connectivity index (χ4v) is 7.16. The molecular formula is C35H35N9OS. The Hall–Kier alpha value is -4.87. The number of carbonyl (C=O) groups is 1. The smallest absolute Gasteiger partial charge is 0.258 e. The van der Waals surface area contributed by atoms with Gasteiger partial charge in [-0.3, -0.25) is 14.5 Å². The Bertz CT molecular complexity index is 2060. The summed E-state index contributed by atoms with van der Waals surface area (Å²) in [5.41, 5.74) is 8.05. The number of hydrogen-bond donors (Lipinski definition) is 2. The highest BCUT2D eigenvalue weighted by atomic mass is 32.1. The number of piperazine rings is 1. The van der Waals surface area contributed by atoms with E-state index in [1.807, 2.05) is 47.3 Å². The van der Waals surface area contributed by atoms with Crippen molar-refractivity contribution in [3.8, 4) is 0 Å². The standard InChI is InChI=1S/C35H35N9OS/c1-22-5-3-6-25(38-22)19-44-29-8-4-7-28(30(29)31(41-44)23-9-10-23)40-35(45)27-20-46-33-32(27)36-21-37-34(33)39-24-11-13-26(14-12-24)43-17-15-42(2)16-18-43/h3-8,11-14,20-21,23H,9-10,15-19H2,1-2H3,(H,40,45)(H,36,37,39). The molecular weight excluding hydrogens is 595 g/mol. The number of aromatic nitrogens is 5. The molecule has 6 aromatic rings. The maximum absolute atomic E-state index is 13.8. The van der Waals surface area contributed by atoms with E-state index in [0.29, 0.717) is 29.4 Å². The summed E-state index contributed by atoms with van der Waals surface area (Å²) in [5, 5.41) is 14.6. The highest BCUT2D eigenvalue weighted by Crippen LogP contribution is 2.44. The van der Waals surface area contributed by atoms with Gasteiger partial charge >= 0.3 is 0 Å². The monoisotopic (exact) mass is 629 g/mol. The van der Waals surface area contributed by atoms with Crippen LogP contribution in [0.15, 0.2) is 72.4 Å². The van der Waals surface area contributed by atoms with Crippen molar-refractivity contribution < 1.29 is 4.79 Å². The van der Waals surface area contributed by atoms with Crippen LogP contribution in [0, 0.1) is 6.92 Å². The van der Waals surface area contributed by atoms with Gasteiger partial charge in [0.1, 0.15) is 6.33 Å². The second-order valence-corrected chi connectivity index (χ2v) is 13.1. The molecule has 0 atom stereocenters. The van der Waals surface area contributed by atoms with Crippen molar-refractivity contribution in [2.24, 2.45) is 0 Å². The van der Waals surface area contributed by atoms with Gasteiger partial charge in [0.05, 0.1) is 44.9 Å². The van der Waals surface area contributed by atoms with Gasteiger partial charge in [0.15, 0.2) is 5.82 Å². The molecule has 1 saturated heterocycles. The van der Waals surface area contributed by atoms with Crippen LogP contribution < -0.4 is 15.5 Å². The molecule has 4 aromatic heterocycles. The van der Waals surface area contributed by atoms with E-state index in [-0.39, 0.29) is 5.91 Å². The average molecular weight is 630 g/mol. The number of anilines is 4. The topological polar surface area (TPSA) is 104 Å². The SMILES string of the molecule is Cc1cccc(Cn2nc(C3CC3)c3c(NC(=O)c4csc5c(Nc6ccc(N7CCN(C)CC7)cc6)ncnc45)cccc32)n1. The third-order valence-electron chi connectivity index (χ3n) is 8.87. The highest BCUT2D eigenvalue weighted by Gasteiger charge is 2.31. The van der Waals surface area contributed by atoms with Gasteiger partial charge in [-0.25, -0.2) is 9.97 Å². The first kappa shape index (κ1) is 28.6. The minimum absolute atomic E-state index is 0.199. The number of carbonyl (C=O) groups excluding carboxylic acids is 1. The summed E-state index contributed by atoms with van der Waals surface area (Å²) in [4.78, 5) is 32.3. The van der Waals surface area contributed by atoms with Crippen LogP contribution in [0.4, 0.5) is 22.9 Å². The second kappa shape index (κ2) is 11.8. The Morgan fingerprint density at radius 2 is 1.78 bits per heavy atom. The van der Waals surface area contributed by atoms with Crippen LogP contribution in [0.2, 0.25) is 0 Å². The maximum Gasteiger partial charge on any atom is 0.258 e. The zero-order chi connectivity index (χ0) is 31.2. The summed E-state index contributed by atoms with van der Waals surface area (Å²) in [5.74, 6) is 0.895. The van der Waals surface area contributed by atoms with Crippen molar-refractivity contribution in [2.45, 2.75) is 32.2 Å². The number of amides is 1. The molecule has 232 valence electrons. The van der Waals surface area contributed by atoms with E-state index < -0.39 is 0 Å².